The van der Waals surface area contributed by atoms with Gasteiger partial charge in [-0.25, -0.2) is 0 Å². The lowest BCUT2D eigenvalue weighted by Crippen LogP contribution is -2.25. The average Bonchev–Trinajstić information content (AvgIpc) is 3.09. The fraction of sp³-hybridized carbons (Fsp3) is 0.389. The summed E-state index contributed by atoms with van der Waals surface area (Å²) in [5, 5.41) is 19.1. The molecule has 0 amide bonds. The maximum Gasteiger partial charge on any atom is 0.416 e. The molecule has 132 valence electrons. The highest BCUT2D eigenvalue weighted by atomic mass is 19.4. The summed E-state index contributed by atoms with van der Waals surface area (Å²) in [6.45, 7) is 0.678. The molecule has 4 nitrogen and oxygen atoms in total. The van der Waals surface area contributed by atoms with E-state index in [1.54, 1.807) is 29.9 Å². The zero-order chi connectivity index (χ0) is 18.2. The van der Waals surface area contributed by atoms with Gasteiger partial charge in [-0.05, 0) is 29.7 Å². The summed E-state index contributed by atoms with van der Waals surface area (Å²) in [6, 6.07) is 8.79. The van der Waals surface area contributed by atoms with Crippen molar-refractivity contribution in [1.29, 1.82) is 5.26 Å². The van der Waals surface area contributed by atoms with Gasteiger partial charge in [0.05, 0.1) is 11.7 Å². The van der Waals surface area contributed by atoms with Crippen LogP contribution in [0.4, 0.5) is 13.2 Å². The number of aliphatic hydroxyl groups is 1. The lowest BCUT2D eigenvalue weighted by Gasteiger charge is -2.26. The van der Waals surface area contributed by atoms with Crippen LogP contribution < -0.4 is 0 Å². The number of halogens is 3. The Morgan fingerprint density at radius 3 is 2.68 bits per heavy atom. The molecule has 0 spiro atoms. The standard InChI is InChI=1S/C18H18F3N3O/c1-23-9-12(6-13(23)8-22)10-24-11-14(25)7-17(24)15-4-2-3-5-16(15)18(19,20)21/h2-6,9,14,17,25H,7,10-11H2,1H3/t14-,17-/m1/s1. The van der Waals surface area contributed by atoms with Crippen LogP contribution in [0.5, 0.6) is 0 Å². The van der Waals surface area contributed by atoms with Gasteiger partial charge >= 0.3 is 6.18 Å². The highest BCUT2D eigenvalue weighted by Gasteiger charge is 2.39. The van der Waals surface area contributed by atoms with E-state index in [4.69, 9.17) is 5.26 Å². The van der Waals surface area contributed by atoms with Crippen molar-refractivity contribution in [2.75, 3.05) is 6.54 Å². The van der Waals surface area contributed by atoms with Gasteiger partial charge in [0.25, 0.3) is 0 Å². The number of aromatic nitrogens is 1. The minimum absolute atomic E-state index is 0.183. The van der Waals surface area contributed by atoms with Crippen molar-refractivity contribution in [3.05, 3.63) is 58.9 Å². The van der Waals surface area contributed by atoms with E-state index in [2.05, 4.69) is 6.07 Å². The molecule has 1 N–H and O–H groups in total. The van der Waals surface area contributed by atoms with E-state index in [9.17, 15) is 18.3 Å². The Morgan fingerprint density at radius 1 is 1.32 bits per heavy atom. The number of hydrogen-bond donors (Lipinski definition) is 1. The summed E-state index contributed by atoms with van der Waals surface area (Å²) in [7, 11) is 1.75. The maximum absolute atomic E-state index is 13.3. The van der Waals surface area contributed by atoms with Crippen molar-refractivity contribution in [2.24, 2.45) is 7.05 Å². The lowest BCUT2D eigenvalue weighted by molar-refractivity contribution is -0.138. The first-order valence-corrected chi connectivity index (χ1v) is 7.93. The molecule has 1 aromatic heterocycles. The molecule has 0 unspecified atom stereocenters. The molecule has 7 heteroatoms. The van der Waals surface area contributed by atoms with Crippen LogP contribution in [0.25, 0.3) is 0 Å². The van der Waals surface area contributed by atoms with Gasteiger partial charge in [-0.3, -0.25) is 4.90 Å². The van der Waals surface area contributed by atoms with Gasteiger partial charge in [0.2, 0.25) is 0 Å². The number of nitrogens with zero attached hydrogens (tertiary/aromatic N) is 3. The second kappa shape index (κ2) is 6.54. The van der Waals surface area contributed by atoms with Crippen molar-refractivity contribution in [2.45, 2.75) is 31.3 Å². The van der Waals surface area contributed by atoms with E-state index in [-0.39, 0.29) is 12.0 Å². The Labute approximate surface area is 143 Å². The van der Waals surface area contributed by atoms with Crippen molar-refractivity contribution in [1.82, 2.24) is 9.47 Å². The molecule has 1 saturated heterocycles. The highest BCUT2D eigenvalue weighted by molar-refractivity contribution is 5.34. The molecule has 1 aliphatic rings. The number of likely N-dealkylation sites (tertiary alicyclic amines) is 1. The fourth-order valence-electron chi connectivity index (χ4n) is 3.49. The molecule has 0 bridgehead atoms. The lowest BCUT2D eigenvalue weighted by atomic mass is 9.97. The van der Waals surface area contributed by atoms with Crippen molar-refractivity contribution < 1.29 is 18.3 Å². The molecule has 0 saturated carbocycles. The zero-order valence-electron chi connectivity index (χ0n) is 13.7. The third-order valence-corrected chi connectivity index (χ3v) is 4.57. The van der Waals surface area contributed by atoms with Crippen LogP contribution in [0.2, 0.25) is 0 Å². The van der Waals surface area contributed by atoms with Gasteiger partial charge in [0.1, 0.15) is 11.8 Å². The van der Waals surface area contributed by atoms with Crippen molar-refractivity contribution in [3.8, 4) is 6.07 Å². The van der Waals surface area contributed by atoms with Gasteiger partial charge in [0, 0.05) is 32.4 Å². The molecule has 0 radical (unpaired) electrons. The van der Waals surface area contributed by atoms with Crippen LogP contribution >= 0.6 is 0 Å². The third-order valence-electron chi connectivity index (χ3n) is 4.57. The van der Waals surface area contributed by atoms with Gasteiger partial charge in [0.15, 0.2) is 0 Å². The molecule has 2 heterocycles. The predicted octanol–water partition coefficient (Wildman–Crippen LogP) is 3.22. The molecule has 1 fully saturated rings. The third kappa shape index (κ3) is 3.55. The molecule has 2 atom stereocenters. The monoisotopic (exact) mass is 349 g/mol. The Hall–Kier alpha value is -2.30. The summed E-state index contributed by atoms with van der Waals surface area (Å²) in [4.78, 5) is 1.84. The minimum atomic E-state index is -4.43. The number of hydrogen-bond acceptors (Lipinski definition) is 3. The normalized spacial score (nSPS) is 21.4. The smallest absolute Gasteiger partial charge is 0.392 e. The first kappa shape index (κ1) is 17.5. The Bertz CT molecular complexity index is 807. The molecule has 2 aromatic rings. The van der Waals surface area contributed by atoms with E-state index >= 15 is 0 Å². The summed E-state index contributed by atoms with van der Waals surface area (Å²) in [5.74, 6) is 0. The molecule has 0 aliphatic carbocycles. The molecule has 1 aromatic carbocycles. The van der Waals surface area contributed by atoms with E-state index < -0.39 is 23.9 Å². The topological polar surface area (TPSA) is 52.2 Å². The van der Waals surface area contributed by atoms with Crippen LogP contribution in [-0.4, -0.2) is 27.2 Å². The van der Waals surface area contributed by atoms with Crippen LogP contribution in [0.1, 0.15) is 34.8 Å². The van der Waals surface area contributed by atoms with Crippen LogP contribution in [0, 0.1) is 11.3 Å². The van der Waals surface area contributed by atoms with E-state index in [1.807, 2.05) is 4.90 Å². The summed E-state index contributed by atoms with van der Waals surface area (Å²) in [5.41, 5.74) is 0.845. The quantitative estimate of drug-likeness (QED) is 0.926. The van der Waals surface area contributed by atoms with Crippen LogP contribution in [0.15, 0.2) is 36.5 Å². The fourth-order valence-corrected chi connectivity index (χ4v) is 3.49. The molecular formula is C18H18F3N3O. The summed E-state index contributed by atoms with van der Waals surface area (Å²) < 4.78 is 41.7. The Kier molecular flexibility index (Phi) is 4.58. The second-order valence-electron chi connectivity index (χ2n) is 6.38. The van der Waals surface area contributed by atoms with Gasteiger partial charge in [-0.15, -0.1) is 0 Å². The van der Waals surface area contributed by atoms with E-state index in [0.29, 0.717) is 18.8 Å². The molecule has 1 aliphatic heterocycles. The average molecular weight is 349 g/mol. The summed E-state index contributed by atoms with van der Waals surface area (Å²) in [6.07, 6.45) is -3.07. The number of rotatable bonds is 3. The van der Waals surface area contributed by atoms with E-state index in [0.717, 1.165) is 11.6 Å². The first-order chi connectivity index (χ1) is 11.8. The zero-order valence-corrected chi connectivity index (χ0v) is 13.7. The first-order valence-electron chi connectivity index (χ1n) is 7.93. The largest absolute Gasteiger partial charge is 0.416 e. The van der Waals surface area contributed by atoms with E-state index in [1.165, 1.54) is 12.1 Å². The molecule has 25 heavy (non-hydrogen) atoms. The van der Waals surface area contributed by atoms with Crippen LogP contribution in [0.3, 0.4) is 0 Å². The number of nitriles is 1. The predicted molar refractivity (Wildman–Crippen MR) is 85.3 cm³/mol. The van der Waals surface area contributed by atoms with Gasteiger partial charge in [-0.1, -0.05) is 18.2 Å². The number of benzene rings is 1. The molecular weight excluding hydrogens is 331 g/mol. The Balaban J connectivity index is 1.92. The van der Waals surface area contributed by atoms with Crippen molar-refractivity contribution in [3.63, 3.8) is 0 Å². The van der Waals surface area contributed by atoms with Crippen LogP contribution in [-0.2, 0) is 19.8 Å². The Morgan fingerprint density at radius 2 is 2.04 bits per heavy atom. The number of aryl methyl sites for hydroxylation is 1. The number of aliphatic hydroxyl groups excluding tert-OH is 1. The SMILES string of the molecule is Cn1cc(CN2C[C@H](O)C[C@@H]2c2ccccc2C(F)(F)F)cc1C#N. The number of alkyl halides is 3. The maximum atomic E-state index is 13.3. The van der Waals surface area contributed by atoms with Gasteiger partial charge in [-0.2, -0.15) is 18.4 Å². The van der Waals surface area contributed by atoms with Crippen molar-refractivity contribution >= 4 is 0 Å². The minimum Gasteiger partial charge on any atom is -0.392 e. The second-order valence-corrected chi connectivity index (χ2v) is 6.38. The summed E-state index contributed by atoms with van der Waals surface area (Å²) >= 11 is 0. The number of β-amino-alcohol motifs (C(OH)–C–C–N with tert-alkyl or cyclic N) is 1. The molecule has 3 rings (SSSR count). The van der Waals surface area contributed by atoms with Gasteiger partial charge < -0.3 is 9.67 Å². The highest BCUT2D eigenvalue weighted by Crippen LogP contribution is 2.40.